The minimum atomic E-state index is -0.546. The number of carbonyl (C=O) groups is 1. The Morgan fingerprint density at radius 2 is 2.21 bits per heavy atom. The number of morpholine rings is 1. The molecule has 1 aliphatic heterocycles. The van der Waals surface area contributed by atoms with Gasteiger partial charge in [-0.15, -0.1) is 0 Å². The molecule has 5 nitrogen and oxygen atoms in total. The van der Waals surface area contributed by atoms with Crippen molar-refractivity contribution in [1.82, 2.24) is 4.90 Å². The van der Waals surface area contributed by atoms with Gasteiger partial charge in [-0.2, -0.15) is 0 Å². The lowest BCUT2D eigenvalue weighted by molar-refractivity contribution is -0.139. The first kappa shape index (κ1) is 13.8. The summed E-state index contributed by atoms with van der Waals surface area (Å²) >= 11 is 0. The molecule has 1 saturated heterocycles. The number of ether oxygens (including phenoxy) is 1. The summed E-state index contributed by atoms with van der Waals surface area (Å²) in [5.74, 6) is 0.175. The lowest BCUT2D eigenvalue weighted by atomic mass is 10.0. The standard InChI is InChI=1S/C14H20N2O3/c1-10-9-16(6-7-19-10)14(18)13(15)8-11-2-4-12(17)5-3-11/h2-5,10,13,17H,6-9,15H2,1H3/t10?,13-/m1/s1. The minimum Gasteiger partial charge on any atom is -0.508 e. The highest BCUT2D eigenvalue weighted by Crippen LogP contribution is 2.12. The smallest absolute Gasteiger partial charge is 0.239 e. The van der Waals surface area contributed by atoms with Crippen molar-refractivity contribution in [3.63, 3.8) is 0 Å². The number of phenolic OH excluding ortho intramolecular Hbond substituents is 1. The third-order valence-electron chi connectivity index (χ3n) is 3.26. The quantitative estimate of drug-likeness (QED) is 0.834. The van der Waals surface area contributed by atoms with Crippen LogP contribution < -0.4 is 5.73 Å². The van der Waals surface area contributed by atoms with Crippen LogP contribution in [0.15, 0.2) is 24.3 Å². The molecular formula is C14H20N2O3. The van der Waals surface area contributed by atoms with E-state index in [4.69, 9.17) is 10.5 Å². The van der Waals surface area contributed by atoms with Crippen molar-refractivity contribution in [2.45, 2.75) is 25.5 Å². The van der Waals surface area contributed by atoms with Crippen LogP contribution in [0, 0.1) is 0 Å². The second-order valence-electron chi connectivity index (χ2n) is 4.94. The molecule has 0 bridgehead atoms. The molecule has 104 valence electrons. The fourth-order valence-corrected chi connectivity index (χ4v) is 2.23. The van der Waals surface area contributed by atoms with Crippen molar-refractivity contribution >= 4 is 5.91 Å². The molecule has 0 aromatic heterocycles. The predicted octanol–water partition coefficient (Wildman–Crippen LogP) is 0.509. The number of nitrogens with two attached hydrogens (primary N) is 1. The molecule has 1 aromatic rings. The van der Waals surface area contributed by atoms with Crippen molar-refractivity contribution in [1.29, 1.82) is 0 Å². The Morgan fingerprint density at radius 3 is 2.84 bits per heavy atom. The first-order valence-electron chi connectivity index (χ1n) is 6.50. The maximum absolute atomic E-state index is 12.2. The molecule has 2 rings (SSSR count). The van der Waals surface area contributed by atoms with Crippen LogP contribution in [0.4, 0.5) is 0 Å². The van der Waals surface area contributed by atoms with E-state index in [1.54, 1.807) is 29.2 Å². The van der Waals surface area contributed by atoms with Gasteiger partial charge in [-0.3, -0.25) is 4.79 Å². The Hall–Kier alpha value is -1.59. The van der Waals surface area contributed by atoms with Gasteiger partial charge in [0.25, 0.3) is 0 Å². The van der Waals surface area contributed by atoms with Gasteiger partial charge < -0.3 is 20.5 Å². The summed E-state index contributed by atoms with van der Waals surface area (Å²) < 4.78 is 5.41. The summed E-state index contributed by atoms with van der Waals surface area (Å²) in [7, 11) is 0. The number of aromatic hydroxyl groups is 1. The van der Waals surface area contributed by atoms with Gasteiger partial charge in [0.1, 0.15) is 5.75 Å². The molecule has 3 N–H and O–H groups in total. The van der Waals surface area contributed by atoms with Gasteiger partial charge in [0.2, 0.25) is 5.91 Å². The lowest BCUT2D eigenvalue weighted by Gasteiger charge is -2.32. The van der Waals surface area contributed by atoms with Gasteiger partial charge >= 0.3 is 0 Å². The maximum atomic E-state index is 12.2. The Kier molecular flexibility index (Phi) is 4.39. The zero-order valence-electron chi connectivity index (χ0n) is 11.1. The highest BCUT2D eigenvalue weighted by molar-refractivity contribution is 5.82. The predicted molar refractivity (Wildman–Crippen MR) is 71.8 cm³/mol. The van der Waals surface area contributed by atoms with Crippen LogP contribution >= 0.6 is 0 Å². The fourth-order valence-electron chi connectivity index (χ4n) is 2.23. The zero-order chi connectivity index (χ0) is 13.8. The highest BCUT2D eigenvalue weighted by atomic mass is 16.5. The molecule has 0 aliphatic carbocycles. The molecule has 1 unspecified atom stereocenters. The molecule has 1 fully saturated rings. The summed E-state index contributed by atoms with van der Waals surface area (Å²) in [4.78, 5) is 14.0. The molecule has 0 radical (unpaired) electrons. The van der Waals surface area contributed by atoms with Gasteiger partial charge in [-0.1, -0.05) is 12.1 Å². The number of carbonyl (C=O) groups excluding carboxylic acids is 1. The van der Waals surface area contributed by atoms with E-state index in [0.717, 1.165) is 5.56 Å². The summed E-state index contributed by atoms with van der Waals surface area (Å²) in [6.07, 6.45) is 0.545. The van der Waals surface area contributed by atoms with Gasteiger partial charge in [-0.25, -0.2) is 0 Å². The van der Waals surface area contributed by atoms with E-state index in [9.17, 15) is 9.90 Å². The normalized spacial score (nSPS) is 21.2. The van der Waals surface area contributed by atoms with E-state index in [-0.39, 0.29) is 17.8 Å². The minimum absolute atomic E-state index is 0.0387. The number of benzene rings is 1. The third kappa shape index (κ3) is 3.68. The number of phenols is 1. The molecule has 0 spiro atoms. The molecular weight excluding hydrogens is 244 g/mol. The Labute approximate surface area is 113 Å². The van der Waals surface area contributed by atoms with E-state index < -0.39 is 6.04 Å². The number of nitrogens with zero attached hydrogens (tertiary/aromatic N) is 1. The average molecular weight is 264 g/mol. The molecule has 2 atom stereocenters. The number of hydrogen-bond donors (Lipinski definition) is 2. The van der Waals surface area contributed by atoms with Gasteiger partial charge in [0.15, 0.2) is 0 Å². The zero-order valence-corrected chi connectivity index (χ0v) is 11.1. The molecule has 1 aliphatic rings. The van der Waals surface area contributed by atoms with Crippen molar-refractivity contribution in [2.75, 3.05) is 19.7 Å². The van der Waals surface area contributed by atoms with E-state index in [1.807, 2.05) is 6.92 Å². The van der Waals surface area contributed by atoms with Crippen LogP contribution in [0.25, 0.3) is 0 Å². The van der Waals surface area contributed by atoms with Crippen molar-refractivity contribution < 1.29 is 14.6 Å². The summed E-state index contributed by atoms with van der Waals surface area (Å²) in [6, 6.07) is 6.22. The van der Waals surface area contributed by atoms with Crippen molar-refractivity contribution in [2.24, 2.45) is 5.73 Å². The second-order valence-corrected chi connectivity index (χ2v) is 4.94. The van der Waals surface area contributed by atoms with Crippen LogP contribution in [0.2, 0.25) is 0 Å². The monoisotopic (exact) mass is 264 g/mol. The molecule has 0 saturated carbocycles. The van der Waals surface area contributed by atoms with E-state index >= 15 is 0 Å². The van der Waals surface area contributed by atoms with Gasteiger partial charge in [0, 0.05) is 13.1 Å². The Balaban J connectivity index is 1.93. The molecule has 5 heteroatoms. The second kappa shape index (κ2) is 6.04. The summed E-state index contributed by atoms with van der Waals surface area (Å²) in [5, 5.41) is 9.21. The summed E-state index contributed by atoms with van der Waals surface area (Å²) in [6.45, 7) is 3.72. The lowest BCUT2D eigenvalue weighted by Crippen LogP contribution is -2.51. The molecule has 19 heavy (non-hydrogen) atoms. The average Bonchev–Trinajstić information content (AvgIpc) is 2.40. The van der Waals surface area contributed by atoms with Gasteiger partial charge in [-0.05, 0) is 31.0 Å². The first-order chi connectivity index (χ1) is 9.06. The Morgan fingerprint density at radius 1 is 1.53 bits per heavy atom. The number of hydrogen-bond acceptors (Lipinski definition) is 4. The van der Waals surface area contributed by atoms with E-state index in [0.29, 0.717) is 26.1 Å². The molecule has 1 amide bonds. The first-order valence-corrected chi connectivity index (χ1v) is 6.50. The van der Waals surface area contributed by atoms with Crippen molar-refractivity contribution in [3.05, 3.63) is 29.8 Å². The van der Waals surface area contributed by atoms with Crippen LogP contribution in [-0.4, -0.2) is 47.8 Å². The van der Waals surface area contributed by atoms with Crippen LogP contribution in [-0.2, 0) is 16.0 Å². The van der Waals surface area contributed by atoms with Gasteiger partial charge in [0.05, 0.1) is 18.8 Å². The molecule has 1 aromatic carbocycles. The third-order valence-corrected chi connectivity index (χ3v) is 3.26. The SMILES string of the molecule is CC1CN(C(=O)[C@H](N)Cc2ccc(O)cc2)CCO1. The maximum Gasteiger partial charge on any atom is 0.239 e. The fraction of sp³-hybridized carbons (Fsp3) is 0.500. The summed E-state index contributed by atoms with van der Waals surface area (Å²) in [5.41, 5.74) is 6.91. The van der Waals surface area contributed by atoms with E-state index in [1.165, 1.54) is 0 Å². The van der Waals surface area contributed by atoms with Crippen LogP contribution in [0.1, 0.15) is 12.5 Å². The van der Waals surface area contributed by atoms with Crippen LogP contribution in [0.5, 0.6) is 5.75 Å². The number of rotatable bonds is 3. The van der Waals surface area contributed by atoms with Crippen LogP contribution in [0.3, 0.4) is 0 Å². The Bertz CT molecular complexity index is 433. The van der Waals surface area contributed by atoms with Crippen molar-refractivity contribution in [3.8, 4) is 5.75 Å². The molecule has 1 heterocycles. The topological polar surface area (TPSA) is 75.8 Å². The largest absolute Gasteiger partial charge is 0.508 e. The highest BCUT2D eigenvalue weighted by Gasteiger charge is 2.25. The van der Waals surface area contributed by atoms with E-state index in [2.05, 4.69) is 0 Å². The number of amides is 1.